The summed E-state index contributed by atoms with van der Waals surface area (Å²) in [5, 5.41) is 0. The van der Waals surface area contributed by atoms with Crippen LogP contribution < -0.4 is 0 Å². The highest BCUT2D eigenvalue weighted by atomic mass is 15.0. The van der Waals surface area contributed by atoms with Gasteiger partial charge in [0.25, 0.3) is 0 Å². The molecule has 1 aromatic carbocycles. The number of nitrogens with zero attached hydrogens (tertiary/aromatic N) is 6. The molecule has 0 heterocycles. The minimum Gasteiger partial charge on any atom is -0.373 e. The summed E-state index contributed by atoms with van der Waals surface area (Å²) >= 11 is 0. The van der Waals surface area contributed by atoms with Crippen molar-refractivity contribution in [3.63, 3.8) is 0 Å². The zero-order chi connectivity index (χ0) is 9.66. The molecule has 6 heteroatoms. The third-order valence-corrected chi connectivity index (χ3v) is 0.667. The predicted octanol–water partition coefficient (Wildman–Crippen LogP) is 3.42. The minimum atomic E-state index is 1.50. The van der Waals surface area contributed by atoms with Crippen LogP contribution in [0.2, 0.25) is 0 Å². The first-order valence-corrected chi connectivity index (χ1v) is 2.80. The van der Waals surface area contributed by atoms with Crippen molar-refractivity contribution in [1.29, 1.82) is 0 Å². The number of hydrogen-bond donors (Lipinski definition) is 0. The fraction of sp³-hybridized carbons (Fsp3) is 0. The summed E-state index contributed by atoms with van der Waals surface area (Å²) in [7, 11) is 0. The summed E-state index contributed by atoms with van der Waals surface area (Å²) in [4.78, 5) is 3.00. The first-order chi connectivity index (χ1) is 5.83. The van der Waals surface area contributed by atoms with Crippen LogP contribution in [0.15, 0.2) is 36.4 Å². The molecule has 0 N–H and O–H groups in total. The molecule has 0 spiro atoms. The second-order valence-corrected chi connectivity index (χ2v) is 1.33. The molecule has 0 aliphatic carbocycles. The van der Waals surface area contributed by atoms with Crippen LogP contribution in [-0.2, 0) is 0 Å². The third-order valence-electron chi connectivity index (χ3n) is 0.667. The molecule has 1 rings (SSSR count). The van der Waals surface area contributed by atoms with Gasteiger partial charge in [0.2, 0.25) is 0 Å². The van der Waals surface area contributed by atoms with Gasteiger partial charge in [-0.05, 0) is 0 Å². The van der Waals surface area contributed by atoms with E-state index in [0.29, 0.717) is 0 Å². The molecular formula is C6H6N6-2. The van der Waals surface area contributed by atoms with Gasteiger partial charge in [0.1, 0.15) is 0 Å². The van der Waals surface area contributed by atoms with Crippen molar-refractivity contribution in [1.82, 2.24) is 0 Å². The van der Waals surface area contributed by atoms with Crippen molar-refractivity contribution in [3.05, 3.63) is 68.3 Å². The van der Waals surface area contributed by atoms with Crippen LogP contribution in [0.4, 0.5) is 0 Å². The first kappa shape index (κ1) is 12.5. The van der Waals surface area contributed by atoms with Crippen molar-refractivity contribution in [2.45, 2.75) is 0 Å². The maximum Gasteiger partial charge on any atom is -0.0623 e. The van der Waals surface area contributed by atoms with Crippen molar-refractivity contribution >= 4 is 0 Å². The molecule has 0 fully saturated rings. The Kier molecular flexibility index (Phi) is 16.6. The molecule has 0 atom stereocenters. The molecule has 0 radical (unpaired) electrons. The van der Waals surface area contributed by atoms with Gasteiger partial charge in [0.15, 0.2) is 0 Å². The fourth-order valence-corrected chi connectivity index (χ4v) is 0.385. The zero-order valence-corrected chi connectivity index (χ0v) is 6.15. The first-order valence-electron chi connectivity index (χ1n) is 2.80. The third kappa shape index (κ3) is 24.9. The second-order valence-electron chi connectivity index (χ2n) is 1.33. The summed E-state index contributed by atoms with van der Waals surface area (Å²) in [6, 6.07) is 12.0. The predicted molar refractivity (Wildman–Crippen MR) is 46.6 cm³/mol. The minimum absolute atomic E-state index is 1.50. The summed E-state index contributed by atoms with van der Waals surface area (Å²) in [5.74, 6) is 0. The Morgan fingerprint density at radius 3 is 0.667 bits per heavy atom. The summed E-state index contributed by atoms with van der Waals surface area (Å²) in [6.07, 6.45) is 0. The van der Waals surface area contributed by atoms with E-state index in [0.717, 1.165) is 0 Å². The molecule has 0 amide bonds. The van der Waals surface area contributed by atoms with Crippen LogP contribution in [0, 0.1) is 0 Å². The van der Waals surface area contributed by atoms with E-state index in [1.165, 1.54) is 9.82 Å². The van der Waals surface area contributed by atoms with Gasteiger partial charge in [-0.2, -0.15) is 0 Å². The van der Waals surface area contributed by atoms with Gasteiger partial charge in [-0.1, -0.05) is 36.4 Å². The van der Waals surface area contributed by atoms with Gasteiger partial charge in [-0.25, -0.2) is 0 Å². The Labute approximate surface area is 69.3 Å². The van der Waals surface area contributed by atoms with Crippen molar-refractivity contribution in [3.8, 4) is 0 Å². The molecule has 0 saturated heterocycles. The van der Waals surface area contributed by atoms with E-state index in [9.17, 15) is 0 Å². The SMILES string of the molecule is [N-]=[N+]=[N-].[N-]=[N+]=[N-].c1ccccc1. The lowest BCUT2D eigenvalue weighted by atomic mass is 10.4. The van der Waals surface area contributed by atoms with Crippen molar-refractivity contribution < 1.29 is 0 Å². The quantitative estimate of drug-likeness (QED) is 0.315. The average Bonchev–Trinajstić information content (AvgIpc) is 2.10. The van der Waals surface area contributed by atoms with Crippen LogP contribution in [0.3, 0.4) is 0 Å². The zero-order valence-electron chi connectivity index (χ0n) is 6.15. The van der Waals surface area contributed by atoms with Gasteiger partial charge >= 0.3 is 0 Å². The Bertz CT molecular complexity index is 193. The average molecular weight is 162 g/mol. The van der Waals surface area contributed by atoms with Crippen LogP contribution in [0.5, 0.6) is 0 Å². The van der Waals surface area contributed by atoms with Crippen LogP contribution in [0.1, 0.15) is 0 Å². The lowest BCUT2D eigenvalue weighted by Gasteiger charge is -1.69. The van der Waals surface area contributed by atoms with E-state index in [4.69, 9.17) is 22.1 Å². The van der Waals surface area contributed by atoms with Crippen molar-refractivity contribution in [2.24, 2.45) is 0 Å². The van der Waals surface area contributed by atoms with Crippen LogP contribution in [0.25, 0.3) is 31.9 Å². The fourth-order valence-electron chi connectivity index (χ4n) is 0.385. The van der Waals surface area contributed by atoms with Gasteiger partial charge in [-0.15, -0.1) is 0 Å². The van der Waals surface area contributed by atoms with E-state index in [1.54, 1.807) is 0 Å². The van der Waals surface area contributed by atoms with E-state index in [-0.39, 0.29) is 0 Å². The molecular weight excluding hydrogens is 156 g/mol. The van der Waals surface area contributed by atoms with Crippen molar-refractivity contribution in [2.75, 3.05) is 0 Å². The molecule has 0 aromatic heterocycles. The molecule has 6 nitrogen and oxygen atoms in total. The van der Waals surface area contributed by atoms with Gasteiger partial charge in [0.05, 0.1) is 0 Å². The molecule has 0 aliphatic rings. The largest absolute Gasteiger partial charge is 0.373 e. The monoisotopic (exact) mass is 162 g/mol. The number of hydrogen-bond acceptors (Lipinski definition) is 0. The van der Waals surface area contributed by atoms with E-state index in [2.05, 4.69) is 0 Å². The highest BCUT2D eigenvalue weighted by Crippen LogP contribution is 1.79. The Morgan fingerprint density at radius 2 is 0.583 bits per heavy atom. The van der Waals surface area contributed by atoms with E-state index < -0.39 is 0 Å². The highest BCUT2D eigenvalue weighted by Gasteiger charge is 1.57. The highest BCUT2D eigenvalue weighted by molar-refractivity contribution is 4.99. The molecule has 0 saturated carbocycles. The van der Waals surface area contributed by atoms with Crippen LogP contribution >= 0.6 is 0 Å². The van der Waals surface area contributed by atoms with Gasteiger partial charge in [0, 0.05) is 0 Å². The van der Waals surface area contributed by atoms with Gasteiger partial charge in [-0.3, -0.25) is 9.82 Å². The second kappa shape index (κ2) is 15.9. The Morgan fingerprint density at radius 1 is 0.500 bits per heavy atom. The molecule has 0 bridgehead atoms. The Hall–Kier alpha value is -2.16. The van der Waals surface area contributed by atoms with E-state index in [1.807, 2.05) is 36.4 Å². The molecule has 0 aliphatic heterocycles. The smallest absolute Gasteiger partial charge is 0.0623 e. The van der Waals surface area contributed by atoms with Gasteiger partial charge < -0.3 is 22.1 Å². The summed E-state index contributed by atoms with van der Waals surface area (Å²) in [5.41, 5.74) is 27.0. The Balaban J connectivity index is 0. The molecule has 0 unspecified atom stereocenters. The number of benzene rings is 1. The normalized spacial score (nSPS) is 5.33. The lowest BCUT2D eigenvalue weighted by molar-refractivity contribution is 1.72. The maximum absolute atomic E-state index is 6.75. The molecule has 1 aromatic rings. The molecule has 62 valence electrons. The number of rotatable bonds is 0. The standard InChI is InChI=1S/C6H6.2N3/c1-2-4-6-5-3-1;2*1-3-2/h1-6H;;/q;2*-1. The van der Waals surface area contributed by atoms with Crippen LogP contribution in [-0.4, -0.2) is 0 Å². The maximum atomic E-state index is 6.75. The summed E-state index contributed by atoms with van der Waals surface area (Å²) in [6.45, 7) is 0. The lowest BCUT2D eigenvalue weighted by Crippen LogP contribution is -1.47. The molecule has 12 heavy (non-hydrogen) atoms. The van der Waals surface area contributed by atoms with E-state index >= 15 is 0 Å². The summed E-state index contributed by atoms with van der Waals surface area (Å²) < 4.78 is 0. The topological polar surface area (TPSA) is 117 Å².